The van der Waals surface area contributed by atoms with Crippen LogP contribution in [0.25, 0.3) is 0 Å². The number of aliphatic imine (C=N–C) groups is 1. The van der Waals surface area contributed by atoms with Crippen LogP contribution in [0.2, 0.25) is 0 Å². The molecule has 6 nitrogen and oxygen atoms in total. The van der Waals surface area contributed by atoms with Gasteiger partial charge in [-0.2, -0.15) is 0 Å². The Morgan fingerprint density at radius 1 is 1.07 bits per heavy atom. The van der Waals surface area contributed by atoms with Crippen molar-refractivity contribution in [2.24, 2.45) is 16.8 Å². The highest BCUT2D eigenvalue weighted by molar-refractivity contribution is 5.81. The van der Waals surface area contributed by atoms with Gasteiger partial charge < -0.3 is 16.0 Å². The van der Waals surface area contributed by atoms with Crippen LogP contribution in [0, 0.1) is 11.8 Å². The summed E-state index contributed by atoms with van der Waals surface area (Å²) in [5.41, 5.74) is 2.59. The highest BCUT2D eigenvalue weighted by Gasteiger charge is 2.28. The van der Waals surface area contributed by atoms with Gasteiger partial charge in [0.15, 0.2) is 5.96 Å². The van der Waals surface area contributed by atoms with Crippen molar-refractivity contribution in [1.82, 2.24) is 20.9 Å². The molecule has 0 aromatic heterocycles. The minimum absolute atomic E-state index is 0.188. The summed E-state index contributed by atoms with van der Waals surface area (Å²) in [6.07, 6.45) is 4.76. The van der Waals surface area contributed by atoms with Gasteiger partial charge in [0.05, 0.1) is 6.54 Å². The molecule has 1 heterocycles. The summed E-state index contributed by atoms with van der Waals surface area (Å²) < 4.78 is 0. The summed E-state index contributed by atoms with van der Waals surface area (Å²) in [7, 11) is 0. The predicted molar refractivity (Wildman–Crippen MR) is 119 cm³/mol. The second-order valence-corrected chi connectivity index (χ2v) is 8.49. The van der Waals surface area contributed by atoms with Crippen LogP contribution in [0.15, 0.2) is 29.3 Å². The van der Waals surface area contributed by atoms with Crippen molar-refractivity contribution in [3.05, 3.63) is 35.4 Å². The average Bonchev–Trinajstić information content (AvgIpc) is 3.56. The quantitative estimate of drug-likeness (QED) is 0.339. The standard InChI is InChI=1S/C23H37N5O/c1-3-24-23(26-13-12-25-22(29)21-10-11-21)27-15-19-6-8-20(9-7-19)17-28-14-4-5-18(2)16-28/h6-9,18,21H,3-5,10-17H2,1-2H3,(H,25,29)(H2,24,26,27). The lowest BCUT2D eigenvalue weighted by Crippen LogP contribution is -2.41. The molecule has 3 rings (SSSR count). The van der Waals surface area contributed by atoms with E-state index < -0.39 is 0 Å². The van der Waals surface area contributed by atoms with E-state index in [1.165, 1.54) is 37.1 Å². The molecule has 1 saturated heterocycles. The Morgan fingerprint density at radius 2 is 1.79 bits per heavy atom. The van der Waals surface area contributed by atoms with Gasteiger partial charge in [0, 0.05) is 38.6 Å². The lowest BCUT2D eigenvalue weighted by Gasteiger charge is -2.30. The molecule has 1 atom stereocenters. The van der Waals surface area contributed by atoms with Crippen LogP contribution in [-0.2, 0) is 17.9 Å². The third-order valence-electron chi connectivity index (χ3n) is 5.60. The largest absolute Gasteiger partial charge is 0.357 e. The van der Waals surface area contributed by atoms with Crippen molar-refractivity contribution < 1.29 is 4.79 Å². The van der Waals surface area contributed by atoms with Gasteiger partial charge in [-0.15, -0.1) is 0 Å². The first-order valence-electron chi connectivity index (χ1n) is 11.2. The molecule has 160 valence electrons. The van der Waals surface area contributed by atoms with Crippen LogP contribution in [0.1, 0.15) is 50.7 Å². The van der Waals surface area contributed by atoms with Gasteiger partial charge in [-0.1, -0.05) is 31.2 Å². The average molecular weight is 400 g/mol. The predicted octanol–water partition coefficient (Wildman–Crippen LogP) is 2.50. The Bertz CT molecular complexity index is 668. The maximum absolute atomic E-state index is 11.7. The molecular formula is C23H37N5O. The van der Waals surface area contributed by atoms with E-state index in [4.69, 9.17) is 0 Å². The summed E-state index contributed by atoms with van der Waals surface area (Å²) in [5, 5.41) is 9.53. The fraction of sp³-hybridized carbons (Fsp3) is 0.652. The summed E-state index contributed by atoms with van der Waals surface area (Å²) in [5.74, 6) is 2.06. The molecule has 1 aromatic carbocycles. The third kappa shape index (κ3) is 7.69. The summed E-state index contributed by atoms with van der Waals surface area (Å²) >= 11 is 0. The molecule has 29 heavy (non-hydrogen) atoms. The number of carbonyl (C=O) groups is 1. The number of piperidine rings is 1. The highest BCUT2D eigenvalue weighted by Crippen LogP contribution is 2.28. The number of carbonyl (C=O) groups excluding carboxylic acids is 1. The van der Waals surface area contributed by atoms with Crippen molar-refractivity contribution in [2.75, 3.05) is 32.7 Å². The molecule has 2 aliphatic rings. The number of benzene rings is 1. The first-order chi connectivity index (χ1) is 14.1. The number of amides is 1. The fourth-order valence-corrected chi connectivity index (χ4v) is 3.81. The highest BCUT2D eigenvalue weighted by atomic mass is 16.2. The SMILES string of the molecule is CCNC(=NCc1ccc(CN2CCCC(C)C2)cc1)NCCNC(=O)C1CC1. The van der Waals surface area contributed by atoms with Crippen LogP contribution in [-0.4, -0.2) is 49.5 Å². The molecule has 0 spiro atoms. The molecular weight excluding hydrogens is 362 g/mol. The van der Waals surface area contributed by atoms with E-state index in [0.29, 0.717) is 19.6 Å². The minimum atomic E-state index is 0.188. The van der Waals surface area contributed by atoms with Crippen LogP contribution in [0.3, 0.4) is 0 Å². The Kier molecular flexibility index (Phi) is 8.35. The lowest BCUT2D eigenvalue weighted by atomic mass is 9.99. The van der Waals surface area contributed by atoms with E-state index in [1.807, 2.05) is 0 Å². The van der Waals surface area contributed by atoms with E-state index in [2.05, 4.69) is 64.0 Å². The van der Waals surface area contributed by atoms with Gasteiger partial charge in [0.25, 0.3) is 0 Å². The number of nitrogens with one attached hydrogen (secondary N) is 3. The Labute approximate surface area is 175 Å². The molecule has 3 N–H and O–H groups in total. The summed E-state index contributed by atoms with van der Waals surface area (Å²) in [6.45, 7) is 10.6. The fourth-order valence-electron chi connectivity index (χ4n) is 3.81. The van der Waals surface area contributed by atoms with E-state index >= 15 is 0 Å². The molecule has 1 aromatic rings. The Balaban J connectivity index is 1.42. The maximum Gasteiger partial charge on any atom is 0.223 e. The van der Waals surface area contributed by atoms with Gasteiger partial charge in [-0.3, -0.25) is 9.69 Å². The molecule has 0 bridgehead atoms. The van der Waals surface area contributed by atoms with E-state index in [9.17, 15) is 4.79 Å². The van der Waals surface area contributed by atoms with Crippen molar-refractivity contribution in [3.8, 4) is 0 Å². The molecule has 0 radical (unpaired) electrons. The monoisotopic (exact) mass is 399 g/mol. The normalized spacial score (nSPS) is 20.3. The maximum atomic E-state index is 11.7. The number of rotatable bonds is 9. The van der Waals surface area contributed by atoms with Crippen LogP contribution in [0.5, 0.6) is 0 Å². The van der Waals surface area contributed by atoms with Gasteiger partial charge in [-0.25, -0.2) is 4.99 Å². The Morgan fingerprint density at radius 3 is 2.48 bits per heavy atom. The molecule has 2 fully saturated rings. The summed E-state index contributed by atoms with van der Waals surface area (Å²) in [4.78, 5) is 18.9. The van der Waals surface area contributed by atoms with E-state index in [-0.39, 0.29) is 11.8 Å². The number of hydrogen-bond donors (Lipinski definition) is 3. The zero-order chi connectivity index (χ0) is 20.5. The van der Waals surface area contributed by atoms with Gasteiger partial charge in [-0.05, 0) is 56.2 Å². The zero-order valence-electron chi connectivity index (χ0n) is 18.0. The van der Waals surface area contributed by atoms with Crippen molar-refractivity contribution in [1.29, 1.82) is 0 Å². The molecule has 6 heteroatoms. The minimum Gasteiger partial charge on any atom is -0.357 e. The van der Waals surface area contributed by atoms with Gasteiger partial charge in [0.2, 0.25) is 5.91 Å². The molecule has 1 unspecified atom stereocenters. The van der Waals surface area contributed by atoms with Gasteiger partial charge >= 0.3 is 0 Å². The lowest BCUT2D eigenvalue weighted by molar-refractivity contribution is -0.122. The second kappa shape index (κ2) is 11.2. The Hall–Kier alpha value is -2.08. The first-order valence-corrected chi connectivity index (χ1v) is 11.2. The summed E-state index contributed by atoms with van der Waals surface area (Å²) in [6, 6.07) is 8.84. The van der Waals surface area contributed by atoms with Crippen molar-refractivity contribution in [2.45, 2.75) is 52.6 Å². The number of hydrogen-bond acceptors (Lipinski definition) is 3. The smallest absolute Gasteiger partial charge is 0.223 e. The molecule has 1 saturated carbocycles. The molecule has 1 aliphatic carbocycles. The van der Waals surface area contributed by atoms with Crippen molar-refractivity contribution >= 4 is 11.9 Å². The van der Waals surface area contributed by atoms with Crippen LogP contribution < -0.4 is 16.0 Å². The number of nitrogens with zero attached hydrogens (tertiary/aromatic N) is 2. The number of likely N-dealkylation sites (tertiary alicyclic amines) is 1. The zero-order valence-corrected chi connectivity index (χ0v) is 18.0. The van der Waals surface area contributed by atoms with E-state index in [1.54, 1.807) is 0 Å². The van der Waals surface area contributed by atoms with Crippen LogP contribution >= 0.6 is 0 Å². The first kappa shape index (κ1) is 21.6. The van der Waals surface area contributed by atoms with E-state index in [0.717, 1.165) is 37.8 Å². The van der Waals surface area contributed by atoms with Crippen LogP contribution in [0.4, 0.5) is 0 Å². The topological polar surface area (TPSA) is 68.8 Å². The molecule has 1 aliphatic heterocycles. The third-order valence-corrected chi connectivity index (χ3v) is 5.60. The second-order valence-electron chi connectivity index (χ2n) is 8.49. The van der Waals surface area contributed by atoms with Crippen molar-refractivity contribution in [3.63, 3.8) is 0 Å². The van der Waals surface area contributed by atoms with Gasteiger partial charge in [0.1, 0.15) is 0 Å². The molecule has 1 amide bonds. The number of guanidine groups is 1.